The van der Waals surface area contributed by atoms with Gasteiger partial charge in [0, 0.05) is 17.1 Å². The smallest absolute Gasteiger partial charge is 0.154 e. The maximum Gasteiger partial charge on any atom is 0.154 e. The fourth-order valence-corrected chi connectivity index (χ4v) is 4.20. The highest BCUT2D eigenvalue weighted by atomic mass is 32.2. The summed E-state index contributed by atoms with van der Waals surface area (Å²) < 4.78 is 1.18. The zero-order valence-electron chi connectivity index (χ0n) is 11.7. The third kappa shape index (κ3) is 2.21. The maximum atomic E-state index is 4.56. The van der Waals surface area contributed by atoms with Crippen LogP contribution in [0.1, 0.15) is 12.0 Å². The maximum absolute atomic E-state index is 4.56. The SMILES string of the molecule is CSc1ccc2c(c1)CCCN2c1ncnc2ccsc12. The predicted molar refractivity (Wildman–Crippen MR) is 91.0 cm³/mol. The Kier molecular flexibility index (Phi) is 3.31. The van der Waals surface area contributed by atoms with Crippen molar-refractivity contribution in [3.05, 3.63) is 41.5 Å². The van der Waals surface area contributed by atoms with Crippen LogP contribution in [0.5, 0.6) is 0 Å². The number of thiophene rings is 1. The molecule has 0 amide bonds. The first-order valence-corrected chi connectivity index (χ1v) is 9.10. The van der Waals surface area contributed by atoms with E-state index in [1.807, 2.05) is 0 Å². The molecule has 0 N–H and O–H groups in total. The van der Waals surface area contributed by atoms with E-state index >= 15 is 0 Å². The van der Waals surface area contributed by atoms with Gasteiger partial charge in [-0.05, 0) is 54.3 Å². The Morgan fingerprint density at radius 1 is 1.24 bits per heavy atom. The van der Waals surface area contributed by atoms with Crippen LogP contribution in [0.2, 0.25) is 0 Å². The van der Waals surface area contributed by atoms with Gasteiger partial charge in [-0.15, -0.1) is 23.1 Å². The number of fused-ring (bicyclic) bond motifs is 2. The Balaban J connectivity index is 1.86. The Bertz CT molecular complexity index is 797. The molecule has 5 heteroatoms. The van der Waals surface area contributed by atoms with E-state index in [1.165, 1.54) is 27.3 Å². The molecule has 0 fully saturated rings. The second kappa shape index (κ2) is 5.31. The van der Waals surface area contributed by atoms with E-state index in [2.05, 4.69) is 50.8 Å². The highest BCUT2D eigenvalue weighted by Crippen LogP contribution is 2.38. The van der Waals surface area contributed by atoms with E-state index in [-0.39, 0.29) is 0 Å². The molecule has 0 aliphatic carbocycles. The third-order valence-corrected chi connectivity index (χ3v) is 5.51. The van der Waals surface area contributed by atoms with Crippen molar-refractivity contribution < 1.29 is 0 Å². The molecule has 0 saturated heterocycles. The lowest BCUT2D eigenvalue weighted by Crippen LogP contribution is -2.25. The number of hydrogen-bond donors (Lipinski definition) is 0. The third-order valence-electron chi connectivity index (χ3n) is 3.89. The minimum Gasteiger partial charge on any atom is -0.325 e. The van der Waals surface area contributed by atoms with Crippen LogP contribution in [0, 0.1) is 0 Å². The van der Waals surface area contributed by atoms with Crippen LogP contribution in [0.25, 0.3) is 10.2 Å². The molecule has 0 radical (unpaired) electrons. The topological polar surface area (TPSA) is 29.0 Å². The summed E-state index contributed by atoms with van der Waals surface area (Å²) >= 11 is 3.52. The molecule has 3 heterocycles. The van der Waals surface area contributed by atoms with E-state index < -0.39 is 0 Å². The van der Waals surface area contributed by atoms with Gasteiger partial charge in [0.15, 0.2) is 5.82 Å². The fraction of sp³-hybridized carbons (Fsp3) is 0.250. The molecule has 1 aromatic carbocycles. The molecule has 0 spiro atoms. The standard InChI is InChI=1S/C16H15N3S2/c1-20-12-4-5-14-11(9-12)3-2-7-19(14)16-15-13(6-8-21-15)17-10-18-16/h4-6,8-10H,2-3,7H2,1H3. The van der Waals surface area contributed by atoms with Crippen molar-refractivity contribution in [2.24, 2.45) is 0 Å². The minimum absolute atomic E-state index is 1.02. The van der Waals surface area contributed by atoms with Crippen LogP contribution < -0.4 is 4.90 Å². The van der Waals surface area contributed by atoms with E-state index in [9.17, 15) is 0 Å². The molecular weight excluding hydrogens is 298 g/mol. The number of thioether (sulfide) groups is 1. The summed E-state index contributed by atoms with van der Waals surface area (Å²) in [5, 5.41) is 2.09. The lowest BCUT2D eigenvalue weighted by atomic mass is 10.0. The Morgan fingerprint density at radius 2 is 2.19 bits per heavy atom. The first kappa shape index (κ1) is 13.1. The van der Waals surface area contributed by atoms with Crippen LogP contribution in [0.3, 0.4) is 0 Å². The van der Waals surface area contributed by atoms with Gasteiger partial charge < -0.3 is 4.90 Å². The van der Waals surface area contributed by atoms with Crippen molar-refractivity contribution >= 4 is 44.8 Å². The highest BCUT2D eigenvalue weighted by molar-refractivity contribution is 7.98. The van der Waals surface area contributed by atoms with Gasteiger partial charge in [-0.1, -0.05) is 0 Å². The second-order valence-corrected chi connectivity index (χ2v) is 6.88. The van der Waals surface area contributed by atoms with Crippen molar-refractivity contribution in [3.8, 4) is 0 Å². The van der Waals surface area contributed by atoms with Gasteiger partial charge in [-0.25, -0.2) is 9.97 Å². The van der Waals surface area contributed by atoms with Crippen molar-refractivity contribution in [2.75, 3.05) is 17.7 Å². The number of aromatic nitrogens is 2. The molecule has 3 nitrogen and oxygen atoms in total. The van der Waals surface area contributed by atoms with Gasteiger partial charge in [-0.2, -0.15) is 0 Å². The summed E-state index contributed by atoms with van der Waals surface area (Å²) in [6.45, 7) is 1.02. The summed E-state index contributed by atoms with van der Waals surface area (Å²) in [4.78, 5) is 12.6. The second-order valence-electron chi connectivity index (χ2n) is 5.08. The van der Waals surface area contributed by atoms with Gasteiger partial charge in [0.1, 0.15) is 6.33 Å². The normalized spacial score (nSPS) is 14.4. The van der Waals surface area contributed by atoms with Crippen LogP contribution >= 0.6 is 23.1 Å². The number of nitrogens with zero attached hydrogens (tertiary/aromatic N) is 3. The van der Waals surface area contributed by atoms with Gasteiger partial charge in [0.2, 0.25) is 0 Å². The van der Waals surface area contributed by atoms with E-state index in [4.69, 9.17) is 0 Å². The average molecular weight is 313 g/mol. The zero-order valence-corrected chi connectivity index (χ0v) is 13.4. The van der Waals surface area contributed by atoms with Gasteiger partial charge in [-0.3, -0.25) is 0 Å². The summed E-state index contributed by atoms with van der Waals surface area (Å²) in [6, 6.07) is 8.82. The number of rotatable bonds is 2. The summed E-state index contributed by atoms with van der Waals surface area (Å²) in [6.07, 6.45) is 6.12. The number of hydrogen-bond acceptors (Lipinski definition) is 5. The number of aryl methyl sites for hydroxylation is 1. The number of benzene rings is 1. The summed E-state index contributed by atoms with van der Waals surface area (Å²) in [5.41, 5.74) is 3.77. The van der Waals surface area contributed by atoms with Crippen molar-refractivity contribution in [2.45, 2.75) is 17.7 Å². The Morgan fingerprint density at radius 3 is 3.10 bits per heavy atom. The van der Waals surface area contributed by atoms with E-state index in [0.717, 1.165) is 24.3 Å². The Hall–Kier alpha value is -1.59. The molecule has 4 rings (SSSR count). The quantitative estimate of drug-likeness (QED) is 0.652. The summed E-state index contributed by atoms with van der Waals surface area (Å²) in [5.74, 6) is 1.05. The van der Waals surface area contributed by atoms with Crippen LogP contribution in [-0.4, -0.2) is 22.8 Å². The lowest BCUT2D eigenvalue weighted by molar-refractivity contribution is 0.759. The molecule has 106 valence electrons. The minimum atomic E-state index is 1.02. The van der Waals surface area contributed by atoms with Crippen LogP contribution in [0.15, 0.2) is 40.9 Å². The average Bonchev–Trinajstić information content (AvgIpc) is 3.02. The highest BCUT2D eigenvalue weighted by Gasteiger charge is 2.21. The van der Waals surface area contributed by atoms with Gasteiger partial charge >= 0.3 is 0 Å². The fourth-order valence-electron chi connectivity index (χ4n) is 2.89. The largest absolute Gasteiger partial charge is 0.325 e. The van der Waals surface area contributed by atoms with Crippen LogP contribution in [0.4, 0.5) is 11.5 Å². The van der Waals surface area contributed by atoms with Gasteiger partial charge in [0.25, 0.3) is 0 Å². The molecular formula is C16H15N3S2. The van der Waals surface area contributed by atoms with E-state index in [1.54, 1.807) is 29.4 Å². The van der Waals surface area contributed by atoms with Crippen molar-refractivity contribution in [1.82, 2.24) is 9.97 Å². The van der Waals surface area contributed by atoms with Crippen molar-refractivity contribution in [1.29, 1.82) is 0 Å². The first-order chi connectivity index (χ1) is 10.4. The van der Waals surface area contributed by atoms with Gasteiger partial charge in [0.05, 0.1) is 10.2 Å². The Labute approximate surface area is 132 Å². The predicted octanol–water partition coefficient (Wildman–Crippen LogP) is 4.50. The molecule has 0 unspecified atom stereocenters. The van der Waals surface area contributed by atoms with Crippen molar-refractivity contribution in [3.63, 3.8) is 0 Å². The molecule has 3 aromatic rings. The van der Waals surface area contributed by atoms with E-state index in [0.29, 0.717) is 0 Å². The molecule has 0 atom stereocenters. The molecule has 21 heavy (non-hydrogen) atoms. The molecule has 2 aromatic heterocycles. The summed E-state index contributed by atoms with van der Waals surface area (Å²) in [7, 11) is 0. The zero-order chi connectivity index (χ0) is 14.2. The van der Waals surface area contributed by atoms with Crippen LogP contribution in [-0.2, 0) is 6.42 Å². The molecule has 0 saturated carbocycles. The molecule has 1 aliphatic heterocycles. The molecule has 0 bridgehead atoms. The number of anilines is 2. The monoisotopic (exact) mass is 313 g/mol. The first-order valence-electron chi connectivity index (χ1n) is 6.99. The lowest BCUT2D eigenvalue weighted by Gasteiger charge is -2.30. The molecule has 1 aliphatic rings.